The topological polar surface area (TPSA) is 43.4 Å². The van der Waals surface area contributed by atoms with Crippen molar-refractivity contribution in [3.63, 3.8) is 0 Å². The molecule has 5 unspecified atom stereocenters. The third kappa shape index (κ3) is 2.60. The van der Waals surface area contributed by atoms with Gasteiger partial charge in [-0.1, -0.05) is 25.7 Å². The highest BCUT2D eigenvalue weighted by Crippen LogP contribution is 2.49. The Morgan fingerprint density at radius 2 is 1.72 bits per heavy atom. The number of fused-ring (bicyclic) bond motifs is 2. The smallest absolute Gasteiger partial charge is 0.309 e. The average molecular weight is 252 g/mol. The minimum absolute atomic E-state index is 0.0940. The van der Waals surface area contributed by atoms with E-state index in [1.807, 2.05) is 0 Å². The van der Waals surface area contributed by atoms with E-state index in [1.54, 1.807) is 0 Å². The van der Waals surface area contributed by atoms with Crippen LogP contribution in [0.2, 0.25) is 0 Å². The molecule has 0 aromatic heterocycles. The molecule has 0 aromatic rings. The second kappa shape index (κ2) is 5.85. The lowest BCUT2D eigenvalue weighted by molar-refractivity contribution is -0.144. The Labute approximate surface area is 109 Å². The summed E-state index contributed by atoms with van der Waals surface area (Å²) in [7, 11) is 0. The first-order chi connectivity index (χ1) is 8.67. The van der Waals surface area contributed by atoms with Gasteiger partial charge >= 0.3 is 5.97 Å². The van der Waals surface area contributed by atoms with E-state index in [9.17, 15) is 4.79 Å². The lowest BCUT2D eigenvalue weighted by atomic mass is 9.63. The van der Waals surface area contributed by atoms with E-state index >= 15 is 0 Å². The lowest BCUT2D eigenvalue weighted by Crippen LogP contribution is -2.35. The van der Waals surface area contributed by atoms with Gasteiger partial charge in [0.15, 0.2) is 0 Å². The first-order valence-corrected chi connectivity index (χ1v) is 7.27. The standard InChI is InChI=1S/C13H20O2.C2H4O/c1-8-11-6-9-4-2-3-5-10(9)7-12(11)13(14)15-8;1-2-3/h8-12H,2-7H2,1H3;2H,1H3. The van der Waals surface area contributed by atoms with Crippen LogP contribution in [-0.2, 0) is 14.3 Å². The number of esters is 1. The molecule has 2 saturated carbocycles. The molecule has 0 amide bonds. The molecule has 1 heterocycles. The van der Waals surface area contributed by atoms with E-state index < -0.39 is 0 Å². The third-order valence-corrected chi connectivity index (χ3v) is 4.92. The molecule has 0 bridgehead atoms. The Hall–Kier alpha value is -0.860. The summed E-state index contributed by atoms with van der Waals surface area (Å²) in [6, 6.07) is 0. The summed E-state index contributed by atoms with van der Waals surface area (Å²) >= 11 is 0. The van der Waals surface area contributed by atoms with Gasteiger partial charge in [0.25, 0.3) is 0 Å². The van der Waals surface area contributed by atoms with Gasteiger partial charge in [-0.05, 0) is 38.5 Å². The molecule has 3 heteroatoms. The highest BCUT2D eigenvalue weighted by Gasteiger charge is 2.48. The zero-order valence-electron chi connectivity index (χ0n) is 11.4. The Bertz CT molecular complexity index is 313. The molecule has 0 radical (unpaired) electrons. The van der Waals surface area contributed by atoms with Crippen molar-refractivity contribution in [2.24, 2.45) is 23.7 Å². The molecule has 1 aliphatic heterocycles. The fourth-order valence-corrected chi connectivity index (χ4v) is 4.07. The largest absolute Gasteiger partial charge is 0.462 e. The number of cyclic esters (lactones) is 1. The minimum Gasteiger partial charge on any atom is -0.462 e. The molecule has 102 valence electrons. The maximum atomic E-state index is 11.7. The van der Waals surface area contributed by atoms with E-state index in [0.717, 1.165) is 24.5 Å². The molecule has 2 aliphatic carbocycles. The molecule has 1 saturated heterocycles. The van der Waals surface area contributed by atoms with Crippen LogP contribution >= 0.6 is 0 Å². The first-order valence-electron chi connectivity index (χ1n) is 7.27. The number of rotatable bonds is 0. The van der Waals surface area contributed by atoms with Crippen molar-refractivity contribution in [2.75, 3.05) is 0 Å². The Kier molecular flexibility index (Phi) is 4.41. The van der Waals surface area contributed by atoms with Crippen LogP contribution in [0.1, 0.15) is 52.4 Å². The summed E-state index contributed by atoms with van der Waals surface area (Å²) in [4.78, 5) is 20.5. The maximum Gasteiger partial charge on any atom is 0.309 e. The Morgan fingerprint density at radius 1 is 1.17 bits per heavy atom. The maximum absolute atomic E-state index is 11.7. The van der Waals surface area contributed by atoms with Gasteiger partial charge in [0, 0.05) is 5.92 Å². The fourth-order valence-electron chi connectivity index (χ4n) is 4.07. The van der Waals surface area contributed by atoms with E-state index in [4.69, 9.17) is 9.53 Å². The Balaban J connectivity index is 0.000000367. The van der Waals surface area contributed by atoms with E-state index in [2.05, 4.69) is 6.92 Å². The van der Waals surface area contributed by atoms with Crippen LogP contribution in [0.4, 0.5) is 0 Å². The van der Waals surface area contributed by atoms with Crippen LogP contribution in [0.25, 0.3) is 0 Å². The molecule has 3 aliphatic rings. The second-order valence-electron chi connectivity index (χ2n) is 5.92. The molecule has 0 N–H and O–H groups in total. The summed E-state index contributed by atoms with van der Waals surface area (Å²) in [5.41, 5.74) is 0. The van der Waals surface area contributed by atoms with Crippen molar-refractivity contribution in [2.45, 2.75) is 58.5 Å². The molecule has 18 heavy (non-hydrogen) atoms. The van der Waals surface area contributed by atoms with Crippen LogP contribution in [0.3, 0.4) is 0 Å². The highest BCUT2D eigenvalue weighted by molar-refractivity contribution is 5.75. The predicted molar refractivity (Wildman–Crippen MR) is 69.0 cm³/mol. The fraction of sp³-hybridized carbons (Fsp3) is 0.867. The number of aldehydes is 1. The van der Waals surface area contributed by atoms with Crippen LogP contribution in [0, 0.1) is 23.7 Å². The predicted octanol–water partition coefficient (Wildman–Crippen LogP) is 2.97. The summed E-state index contributed by atoms with van der Waals surface area (Å²) in [5, 5.41) is 0. The molecule has 5 atom stereocenters. The monoisotopic (exact) mass is 252 g/mol. The van der Waals surface area contributed by atoms with Crippen molar-refractivity contribution >= 4 is 12.3 Å². The average Bonchev–Trinajstić information content (AvgIpc) is 2.63. The van der Waals surface area contributed by atoms with Gasteiger partial charge in [-0.3, -0.25) is 4.79 Å². The van der Waals surface area contributed by atoms with Gasteiger partial charge in [-0.2, -0.15) is 0 Å². The molecule has 3 fully saturated rings. The molecule has 3 rings (SSSR count). The summed E-state index contributed by atoms with van der Waals surface area (Å²) in [5.74, 6) is 2.61. The van der Waals surface area contributed by atoms with Crippen molar-refractivity contribution in [3.05, 3.63) is 0 Å². The van der Waals surface area contributed by atoms with Crippen molar-refractivity contribution in [3.8, 4) is 0 Å². The number of hydrogen-bond acceptors (Lipinski definition) is 3. The van der Waals surface area contributed by atoms with Gasteiger partial charge in [0.2, 0.25) is 0 Å². The third-order valence-electron chi connectivity index (χ3n) is 4.92. The van der Waals surface area contributed by atoms with Crippen LogP contribution in [0.5, 0.6) is 0 Å². The van der Waals surface area contributed by atoms with Crippen molar-refractivity contribution in [1.82, 2.24) is 0 Å². The highest BCUT2D eigenvalue weighted by atomic mass is 16.6. The van der Waals surface area contributed by atoms with Crippen molar-refractivity contribution in [1.29, 1.82) is 0 Å². The van der Waals surface area contributed by atoms with E-state index in [-0.39, 0.29) is 18.0 Å². The number of ether oxygens (including phenoxy) is 1. The van der Waals surface area contributed by atoms with Gasteiger partial charge in [0.05, 0.1) is 5.92 Å². The van der Waals surface area contributed by atoms with Gasteiger partial charge < -0.3 is 9.53 Å². The van der Waals surface area contributed by atoms with Crippen LogP contribution < -0.4 is 0 Å². The van der Waals surface area contributed by atoms with Crippen molar-refractivity contribution < 1.29 is 14.3 Å². The van der Waals surface area contributed by atoms with Gasteiger partial charge in [-0.15, -0.1) is 0 Å². The zero-order valence-corrected chi connectivity index (χ0v) is 11.4. The number of hydrogen-bond donors (Lipinski definition) is 0. The number of carbonyl (C=O) groups excluding carboxylic acids is 2. The normalized spacial score (nSPS) is 41.9. The Morgan fingerprint density at radius 3 is 2.33 bits per heavy atom. The molecular formula is C15H24O3. The van der Waals surface area contributed by atoms with E-state index in [1.165, 1.54) is 39.0 Å². The van der Waals surface area contributed by atoms with Crippen LogP contribution in [-0.4, -0.2) is 18.4 Å². The number of carbonyl (C=O) groups is 2. The molecule has 3 nitrogen and oxygen atoms in total. The summed E-state index contributed by atoms with van der Waals surface area (Å²) in [6.07, 6.45) is 8.85. The molecular weight excluding hydrogens is 228 g/mol. The quantitative estimate of drug-likeness (QED) is 0.492. The van der Waals surface area contributed by atoms with Gasteiger partial charge in [0.1, 0.15) is 12.4 Å². The van der Waals surface area contributed by atoms with Crippen LogP contribution in [0.15, 0.2) is 0 Å². The second-order valence-corrected chi connectivity index (χ2v) is 5.92. The summed E-state index contributed by atoms with van der Waals surface area (Å²) < 4.78 is 5.38. The summed E-state index contributed by atoms with van der Waals surface area (Å²) in [6.45, 7) is 3.52. The molecule has 0 spiro atoms. The first kappa shape index (κ1) is 13.6. The zero-order chi connectivity index (χ0) is 13.1. The SMILES string of the molecule is CC1OC(=O)C2CC3CCCCC3CC12.CC=O. The lowest BCUT2D eigenvalue weighted by Gasteiger charge is -2.40. The van der Waals surface area contributed by atoms with E-state index in [0.29, 0.717) is 5.92 Å². The minimum atomic E-state index is 0.0940. The van der Waals surface area contributed by atoms with Gasteiger partial charge in [-0.25, -0.2) is 0 Å². The molecule has 0 aromatic carbocycles.